The van der Waals surface area contributed by atoms with Gasteiger partial charge in [0.15, 0.2) is 0 Å². The maximum atomic E-state index is 12.9. The second kappa shape index (κ2) is 5.70. The predicted molar refractivity (Wildman–Crippen MR) is 77.6 cm³/mol. The predicted octanol–water partition coefficient (Wildman–Crippen LogP) is 2.62. The SMILES string of the molecule is CC(C)(CNc1ncc(Br)[nH][n+]1=O)c1ccc(F)cc1. The normalized spacial score (nSPS) is 11.4. The number of rotatable bonds is 4. The lowest BCUT2D eigenvalue weighted by Gasteiger charge is -2.23. The second-order valence-corrected chi connectivity index (χ2v) is 5.93. The van der Waals surface area contributed by atoms with E-state index in [1.54, 1.807) is 12.1 Å². The van der Waals surface area contributed by atoms with Gasteiger partial charge in [-0.2, -0.15) is 5.10 Å². The average molecular weight is 342 g/mol. The fourth-order valence-electron chi connectivity index (χ4n) is 1.77. The first-order valence-corrected chi connectivity index (χ1v) is 6.85. The Labute approximate surface area is 124 Å². The van der Waals surface area contributed by atoms with Crippen LogP contribution in [0.5, 0.6) is 0 Å². The van der Waals surface area contributed by atoms with Crippen molar-refractivity contribution >= 4 is 21.9 Å². The maximum Gasteiger partial charge on any atom is 0.452 e. The first kappa shape index (κ1) is 14.6. The van der Waals surface area contributed by atoms with Gasteiger partial charge in [0.2, 0.25) is 0 Å². The summed E-state index contributed by atoms with van der Waals surface area (Å²) in [6.45, 7) is 4.50. The van der Waals surface area contributed by atoms with Crippen LogP contribution in [0.1, 0.15) is 19.4 Å². The van der Waals surface area contributed by atoms with Gasteiger partial charge in [0.25, 0.3) is 0 Å². The third-order valence-corrected chi connectivity index (χ3v) is 3.40. The average Bonchev–Trinajstić information content (AvgIpc) is 2.38. The minimum absolute atomic E-state index is 0.184. The fourth-order valence-corrected chi connectivity index (χ4v) is 2.03. The smallest absolute Gasteiger partial charge is 0.269 e. The zero-order valence-corrected chi connectivity index (χ0v) is 12.7. The summed E-state index contributed by atoms with van der Waals surface area (Å²) >= 11 is 3.13. The summed E-state index contributed by atoms with van der Waals surface area (Å²) in [6, 6.07) is 6.33. The van der Waals surface area contributed by atoms with E-state index in [-0.39, 0.29) is 17.2 Å². The van der Waals surface area contributed by atoms with Crippen LogP contribution in [0.15, 0.2) is 35.1 Å². The van der Waals surface area contributed by atoms with Crippen molar-refractivity contribution in [3.05, 3.63) is 51.4 Å². The molecule has 0 radical (unpaired) electrons. The maximum absolute atomic E-state index is 12.9. The molecule has 0 bridgehead atoms. The number of aromatic nitrogens is 3. The Morgan fingerprint density at radius 3 is 2.65 bits per heavy atom. The number of hydrogen-bond acceptors (Lipinski definition) is 3. The minimum atomic E-state index is -0.268. The van der Waals surface area contributed by atoms with Crippen LogP contribution in [0.2, 0.25) is 0 Å². The van der Waals surface area contributed by atoms with Crippen LogP contribution in [0.4, 0.5) is 10.3 Å². The number of hydrogen-bond donors (Lipinski definition) is 2. The molecule has 2 N–H and O–H groups in total. The second-order valence-electron chi connectivity index (χ2n) is 5.08. The molecule has 0 saturated heterocycles. The quantitative estimate of drug-likeness (QED) is 0.840. The van der Waals surface area contributed by atoms with Crippen molar-refractivity contribution in [2.75, 3.05) is 11.9 Å². The number of halogens is 2. The molecule has 0 unspecified atom stereocenters. The number of anilines is 1. The first-order chi connectivity index (χ1) is 9.38. The topological polar surface area (TPSA) is 63.7 Å². The van der Waals surface area contributed by atoms with E-state index in [4.69, 9.17) is 0 Å². The summed E-state index contributed by atoms with van der Waals surface area (Å²) in [5.74, 6) is -0.0810. The Hall–Kier alpha value is -1.76. The van der Waals surface area contributed by atoms with Crippen LogP contribution >= 0.6 is 15.9 Å². The summed E-state index contributed by atoms with van der Waals surface area (Å²) in [5.41, 5.74) is 0.708. The molecule has 0 amide bonds. The van der Waals surface area contributed by atoms with Crippen LogP contribution in [0.25, 0.3) is 0 Å². The summed E-state index contributed by atoms with van der Waals surface area (Å²) in [7, 11) is 0. The number of nitrogens with one attached hydrogen (secondary N) is 2. The third-order valence-electron chi connectivity index (χ3n) is 3.02. The van der Waals surface area contributed by atoms with Crippen molar-refractivity contribution in [3.63, 3.8) is 0 Å². The van der Waals surface area contributed by atoms with Crippen LogP contribution in [-0.4, -0.2) is 16.6 Å². The van der Waals surface area contributed by atoms with Crippen LogP contribution in [-0.2, 0) is 5.41 Å². The summed E-state index contributed by atoms with van der Waals surface area (Å²) in [5, 5.41) is 5.51. The van der Waals surface area contributed by atoms with Gasteiger partial charge < -0.3 is 0 Å². The third kappa shape index (κ3) is 3.41. The Kier molecular flexibility index (Phi) is 4.17. The highest BCUT2D eigenvalue weighted by Gasteiger charge is 2.24. The molecule has 0 fully saturated rings. The highest BCUT2D eigenvalue weighted by Crippen LogP contribution is 2.23. The molecule has 2 rings (SSSR count). The summed E-state index contributed by atoms with van der Waals surface area (Å²) < 4.78 is 14.0. The molecule has 5 nitrogen and oxygen atoms in total. The van der Waals surface area contributed by atoms with Gasteiger partial charge in [-0.25, -0.2) is 4.39 Å². The van der Waals surface area contributed by atoms with E-state index in [2.05, 4.69) is 31.3 Å². The van der Waals surface area contributed by atoms with E-state index < -0.39 is 0 Å². The molecule has 7 heteroatoms. The molecular weight excluding hydrogens is 327 g/mol. The van der Waals surface area contributed by atoms with Crippen molar-refractivity contribution in [1.82, 2.24) is 10.1 Å². The highest BCUT2D eigenvalue weighted by atomic mass is 79.9. The van der Waals surface area contributed by atoms with Crippen molar-refractivity contribution in [3.8, 4) is 0 Å². The molecule has 1 heterocycles. The van der Waals surface area contributed by atoms with E-state index in [0.29, 0.717) is 15.7 Å². The Morgan fingerprint density at radius 1 is 1.40 bits per heavy atom. The summed E-state index contributed by atoms with van der Waals surface area (Å²) in [4.78, 5) is 15.6. The molecule has 106 valence electrons. The van der Waals surface area contributed by atoms with Crippen LogP contribution < -0.4 is 9.86 Å². The highest BCUT2D eigenvalue weighted by molar-refractivity contribution is 9.10. The molecule has 0 aliphatic heterocycles. The van der Waals surface area contributed by atoms with E-state index in [9.17, 15) is 9.30 Å². The number of aromatic amines is 1. The van der Waals surface area contributed by atoms with Gasteiger partial charge >= 0.3 is 5.95 Å². The molecule has 0 saturated carbocycles. The largest absolute Gasteiger partial charge is 0.452 e. The molecule has 0 aliphatic carbocycles. The Morgan fingerprint density at radius 2 is 2.05 bits per heavy atom. The Balaban J connectivity index is 2.12. The van der Waals surface area contributed by atoms with E-state index in [1.807, 2.05) is 13.8 Å². The fraction of sp³-hybridized carbons (Fsp3) is 0.308. The Bertz CT molecular complexity index is 654. The lowest BCUT2D eigenvalue weighted by molar-refractivity contribution is -0.553. The van der Waals surface area contributed by atoms with E-state index in [0.717, 1.165) is 5.56 Å². The van der Waals surface area contributed by atoms with Gasteiger partial charge in [0.05, 0.1) is 11.1 Å². The van der Waals surface area contributed by atoms with Crippen LogP contribution in [0.3, 0.4) is 0 Å². The molecule has 20 heavy (non-hydrogen) atoms. The van der Waals surface area contributed by atoms with Crippen molar-refractivity contribution < 1.29 is 8.93 Å². The molecule has 2 aromatic rings. The summed E-state index contributed by atoms with van der Waals surface area (Å²) in [6.07, 6.45) is 1.50. The monoisotopic (exact) mass is 341 g/mol. The standard InChI is InChI=1S/C13H15BrFN4O/c1-13(2,9-3-5-10(15)6-4-9)8-17-12-16-7-11(14)18-19(12)20/h3-7H,8H2,1-2H3,(H,16,17)(H,18,20)/q+1. The minimum Gasteiger partial charge on any atom is -0.269 e. The van der Waals surface area contributed by atoms with Crippen molar-refractivity contribution in [1.29, 1.82) is 0 Å². The van der Waals surface area contributed by atoms with Crippen molar-refractivity contribution in [2.24, 2.45) is 0 Å². The number of benzene rings is 1. The van der Waals surface area contributed by atoms with Crippen molar-refractivity contribution in [2.45, 2.75) is 19.3 Å². The zero-order chi connectivity index (χ0) is 14.8. The number of H-pyrrole nitrogens is 1. The van der Waals surface area contributed by atoms with Crippen LogP contribution in [0, 0.1) is 10.7 Å². The van der Waals surface area contributed by atoms with Gasteiger partial charge in [-0.1, -0.05) is 35.9 Å². The number of nitrogens with zero attached hydrogens (tertiary/aromatic N) is 2. The van der Waals surface area contributed by atoms with E-state index in [1.165, 1.54) is 18.3 Å². The van der Waals surface area contributed by atoms with Gasteiger partial charge in [0, 0.05) is 5.41 Å². The van der Waals surface area contributed by atoms with E-state index >= 15 is 0 Å². The van der Waals surface area contributed by atoms with Gasteiger partial charge in [-0.15, -0.1) is 0 Å². The molecule has 1 aromatic carbocycles. The molecule has 1 aromatic heterocycles. The molecular formula is C13H15BrFN4O+. The van der Waals surface area contributed by atoms with Gasteiger partial charge in [-0.3, -0.25) is 5.32 Å². The first-order valence-electron chi connectivity index (χ1n) is 6.06. The zero-order valence-electron chi connectivity index (χ0n) is 11.2. The van der Waals surface area contributed by atoms with Gasteiger partial charge in [-0.05, 0) is 33.6 Å². The molecule has 0 atom stereocenters. The molecule has 0 spiro atoms. The lowest BCUT2D eigenvalue weighted by atomic mass is 9.84. The van der Waals surface area contributed by atoms with Gasteiger partial charge in [0.1, 0.15) is 16.6 Å². The molecule has 0 aliphatic rings. The lowest BCUT2D eigenvalue weighted by Crippen LogP contribution is -2.33.